The van der Waals surface area contributed by atoms with Crippen LogP contribution in [0.5, 0.6) is 0 Å². The van der Waals surface area contributed by atoms with E-state index in [1.54, 1.807) is 43.3 Å². The Morgan fingerprint density at radius 3 is 2.64 bits per heavy atom. The van der Waals surface area contributed by atoms with Gasteiger partial charge in [0.2, 0.25) is 0 Å². The van der Waals surface area contributed by atoms with E-state index in [2.05, 4.69) is 11.8 Å². The van der Waals surface area contributed by atoms with E-state index in [9.17, 15) is 4.79 Å². The first-order valence-corrected chi connectivity index (χ1v) is 7.30. The van der Waals surface area contributed by atoms with E-state index in [1.807, 2.05) is 0 Å². The molecule has 0 spiro atoms. The highest BCUT2D eigenvalue weighted by atomic mass is 35.5. The zero-order valence-electron chi connectivity index (χ0n) is 11.8. The minimum absolute atomic E-state index is 0.328. The minimum atomic E-state index is -0.375. The number of carbonyl (C=O) groups excluding carboxylic acids is 1. The molecule has 2 aromatic rings. The summed E-state index contributed by atoms with van der Waals surface area (Å²) in [5, 5.41) is 0.773. The average Bonchev–Trinajstić information content (AvgIpc) is 2.50. The fourth-order valence-corrected chi connectivity index (χ4v) is 2.08. The number of hydrogen-bond donors (Lipinski definition) is 1. The highest BCUT2D eigenvalue weighted by Crippen LogP contribution is 2.26. The van der Waals surface area contributed by atoms with Gasteiger partial charge in [-0.15, -0.1) is 0 Å². The van der Waals surface area contributed by atoms with Crippen LogP contribution < -0.4 is 5.73 Å². The third-order valence-electron chi connectivity index (χ3n) is 2.81. The summed E-state index contributed by atoms with van der Waals surface area (Å²) in [5.41, 5.74) is 8.01. The summed E-state index contributed by atoms with van der Waals surface area (Å²) in [6.07, 6.45) is 0. The first-order chi connectivity index (χ1) is 10.5. The van der Waals surface area contributed by atoms with E-state index >= 15 is 0 Å². The number of hydrogen-bond acceptors (Lipinski definition) is 3. The molecule has 2 rings (SSSR count). The molecule has 0 aliphatic rings. The van der Waals surface area contributed by atoms with Crippen molar-refractivity contribution in [3.63, 3.8) is 0 Å². The Hall–Kier alpha value is -2.15. The molecule has 0 aliphatic heterocycles. The van der Waals surface area contributed by atoms with Crippen molar-refractivity contribution in [2.24, 2.45) is 0 Å². The topological polar surface area (TPSA) is 52.3 Å². The lowest BCUT2D eigenvalue weighted by Gasteiger charge is -2.02. The van der Waals surface area contributed by atoms with Crippen molar-refractivity contribution in [1.29, 1.82) is 0 Å². The molecule has 22 heavy (non-hydrogen) atoms. The summed E-state index contributed by atoms with van der Waals surface area (Å²) in [6.45, 7) is 2.09. The van der Waals surface area contributed by atoms with Crippen molar-refractivity contribution in [3.05, 3.63) is 63.1 Å². The van der Waals surface area contributed by atoms with Crippen LogP contribution in [0.3, 0.4) is 0 Å². The number of nitrogens with two attached hydrogens (primary N) is 1. The molecule has 0 unspecified atom stereocenters. The Morgan fingerprint density at radius 1 is 1.18 bits per heavy atom. The first-order valence-electron chi connectivity index (χ1n) is 6.55. The zero-order chi connectivity index (χ0) is 16.1. The second-order valence-electron chi connectivity index (χ2n) is 4.40. The highest BCUT2D eigenvalue weighted by molar-refractivity contribution is 6.42. The molecule has 0 amide bonds. The second-order valence-corrected chi connectivity index (χ2v) is 5.22. The van der Waals surface area contributed by atoms with Gasteiger partial charge in [0.15, 0.2) is 0 Å². The van der Waals surface area contributed by atoms with Gasteiger partial charge in [-0.3, -0.25) is 0 Å². The monoisotopic (exact) mass is 333 g/mol. The number of benzene rings is 2. The van der Waals surface area contributed by atoms with Gasteiger partial charge in [0, 0.05) is 16.8 Å². The number of halogens is 2. The Labute approximate surface area is 139 Å². The second kappa shape index (κ2) is 7.22. The molecule has 5 heteroatoms. The van der Waals surface area contributed by atoms with Crippen LogP contribution in [0, 0.1) is 11.8 Å². The van der Waals surface area contributed by atoms with Gasteiger partial charge in [0.05, 0.1) is 22.2 Å². The van der Waals surface area contributed by atoms with Gasteiger partial charge in [-0.05, 0) is 37.3 Å². The molecular weight excluding hydrogens is 321 g/mol. The molecule has 112 valence electrons. The van der Waals surface area contributed by atoms with Gasteiger partial charge < -0.3 is 10.5 Å². The van der Waals surface area contributed by atoms with E-state index in [0.717, 1.165) is 0 Å². The largest absolute Gasteiger partial charge is 0.462 e. The van der Waals surface area contributed by atoms with Crippen molar-refractivity contribution >= 4 is 34.9 Å². The van der Waals surface area contributed by atoms with E-state index in [0.29, 0.717) is 39.0 Å². The molecule has 0 aromatic heterocycles. The standard InChI is InChI=1S/C17H13Cl2NO2/c1-2-22-17(21)13-5-3-4-11(8-13)6-7-12-9-14(18)15(19)10-16(12)20/h3-5,8-10H,2,20H2,1H3. The number of rotatable bonds is 2. The molecule has 0 aliphatic carbocycles. The Kier molecular flexibility index (Phi) is 5.32. The molecular formula is C17H13Cl2NO2. The van der Waals surface area contributed by atoms with Crippen LogP contribution in [-0.4, -0.2) is 12.6 Å². The Morgan fingerprint density at radius 2 is 1.91 bits per heavy atom. The Bertz CT molecular complexity index is 776. The summed E-state index contributed by atoms with van der Waals surface area (Å²) in [5.74, 6) is 5.50. The number of ether oxygens (including phenoxy) is 1. The molecule has 0 heterocycles. The van der Waals surface area contributed by atoms with Crippen LogP contribution in [0.15, 0.2) is 36.4 Å². The van der Waals surface area contributed by atoms with Crippen LogP contribution in [0.1, 0.15) is 28.4 Å². The van der Waals surface area contributed by atoms with Crippen molar-refractivity contribution in [3.8, 4) is 11.8 Å². The number of esters is 1. The molecule has 0 atom stereocenters. The van der Waals surface area contributed by atoms with Crippen molar-refractivity contribution < 1.29 is 9.53 Å². The van der Waals surface area contributed by atoms with Crippen LogP contribution in [0.25, 0.3) is 0 Å². The zero-order valence-corrected chi connectivity index (χ0v) is 13.3. The maximum Gasteiger partial charge on any atom is 0.338 e. The molecule has 0 radical (unpaired) electrons. The Balaban J connectivity index is 2.31. The molecule has 0 saturated heterocycles. The number of anilines is 1. The lowest BCUT2D eigenvalue weighted by molar-refractivity contribution is 0.0526. The van der Waals surface area contributed by atoms with Crippen LogP contribution >= 0.6 is 23.2 Å². The quantitative estimate of drug-likeness (QED) is 0.510. The van der Waals surface area contributed by atoms with E-state index < -0.39 is 0 Å². The molecule has 2 N–H and O–H groups in total. The highest BCUT2D eigenvalue weighted by Gasteiger charge is 2.06. The summed E-state index contributed by atoms with van der Waals surface area (Å²) in [4.78, 5) is 11.7. The summed E-state index contributed by atoms with van der Waals surface area (Å²) < 4.78 is 4.95. The van der Waals surface area contributed by atoms with Gasteiger partial charge in [-0.2, -0.15) is 0 Å². The fraction of sp³-hybridized carbons (Fsp3) is 0.118. The van der Waals surface area contributed by atoms with Crippen LogP contribution in [0.2, 0.25) is 10.0 Å². The number of carbonyl (C=O) groups is 1. The molecule has 0 fully saturated rings. The van der Waals surface area contributed by atoms with Crippen molar-refractivity contribution in [2.45, 2.75) is 6.92 Å². The van der Waals surface area contributed by atoms with Crippen molar-refractivity contribution in [2.75, 3.05) is 12.3 Å². The summed E-state index contributed by atoms with van der Waals surface area (Å²) in [6, 6.07) is 10.1. The molecule has 0 bridgehead atoms. The maximum absolute atomic E-state index is 11.7. The molecule has 2 aromatic carbocycles. The SMILES string of the molecule is CCOC(=O)c1cccc(C#Cc2cc(Cl)c(Cl)cc2N)c1. The summed E-state index contributed by atoms with van der Waals surface area (Å²) in [7, 11) is 0. The van der Waals surface area contributed by atoms with Crippen molar-refractivity contribution in [1.82, 2.24) is 0 Å². The lowest BCUT2D eigenvalue weighted by Crippen LogP contribution is -2.04. The normalized spacial score (nSPS) is 9.77. The number of nitrogen functional groups attached to an aromatic ring is 1. The summed E-state index contributed by atoms with van der Waals surface area (Å²) >= 11 is 11.8. The molecule has 0 saturated carbocycles. The van der Waals surface area contributed by atoms with Gasteiger partial charge in [0.25, 0.3) is 0 Å². The molecule has 3 nitrogen and oxygen atoms in total. The van der Waals surface area contributed by atoms with Gasteiger partial charge in [-0.25, -0.2) is 4.79 Å². The fourth-order valence-electron chi connectivity index (χ4n) is 1.75. The van der Waals surface area contributed by atoms with Crippen LogP contribution in [0.4, 0.5) is 5.69 Å². The third-order valence-corrected chi connectivity index (χ3v) is 3.53. The van der Waals surface area contributed by atoms with Gasteiger partial charge in [0.1, 0.15) is 0 Å². The van der Waals surface area contributed by atoms with Gasteiger partial charge in [-0.1, -0.05) is 41.1 Å². The van der Waals surface area contributed by atoms with Crippen LogP contribution in [-0.2, 0) is 4.74 Å². The minimum Gasteiger partial charge on any atom is -0.462 e. The predicted molar refractivity (Wildman–Crippen MR) is 89.3 cm³/mol. The maximum atomic E-state index is 11.7. The smallest absolute Gasteiger partial charge is 0.338 e. The van der Waals surface area contributed by atoms with E-state index in [4.69, 9.17) is 33.7 Å². The van der Waals surface area contributed by atoms with Gasteiger partial charge >= 0.3 is 5.97 Å². The predicted octanol–water partition coefficient (Wildman–Crippen LogP) is 4.15. The first kappa shape index (κ1) is 16.2. The average molecular weight is 334 g/mol. The van der Waals surface area contributed by atoms with E-state index in [1.165, 1.54) is 0 Å². The lowest BCUT2D eigenvalue weighted by atomic mass is 10.1. The van der Waals surface area contributed by atoms with E-state index in [-0.39, 0.29) is 5.97 Å². The third kappa shape index (κ3) is 3.94.